The van der Waals surface area contributed by atoms with Crippen molar-refractivity contribution in [3.63, 3.8) is 0 Å². The molecule has 9 heteroatoms. The van der Waals surface area contributed by atoms with E-state index in [0.29, 0.717) is 16.8 Å². The number of benzene rings is 1. The third kappa shape index (κ3) is 3.24. The second kappa shape index (κ2) is 5.84. The van der Waals surface area contributed by atoms with Gasteiger partial charge in [-0.05, 0) is 44.0 Å². The summed E-state index contributed by atoms with van der Waals surface area (Å²) in [5.74, 6) is 0.122. The first-order valence-electron chi connectivity index (χ1n) is 6.57. The number of sulfonamides is 1. The maximum Gasteiger partial charge on any atom is 0.269 e. The van der Waals surface area contributed by atoms with E-state index in [2.05, 4.69) is 9.71 Å². The molecular weight excluding hydrogens is 322 g/mol. The second-order valence-corrected chi connectivity index (χ2v) is 6.68. The van der Waals surface area contributed by atoms with Gasteiger partial charge in [-0.25, -0.2) is 13.4 Å². The Balaban J connectivity index is 2.41. The van der Waals surface area contributed by atoms with Crippen LogP contribution in [0.15, 0.2) is 29.2 Å². The number of nitrogens with one attached hydrogen (secondary N) is 1. The van der Waals surface area contributed by atoms with Gasteiger partial charge in [-0.3, -0.25) is 14.8 Å². The molecule has 8 nitrogen and oxygen atoms in total. The highest BCUT2D eigenvalue weighted by atomic mass is 32.2. The molecule has 1 heterocycles. The fraction of sp³-hybridized carbons (Fsp3) is 0.214. The van der Waals surface area contributed by atoms with Gasteiger partial charge in [-0.1, -0.05) is 0 Å². The van der Waals surface area contributed by atoms with Gasteiger partial charge < -0.3 is 5.11 Å². The zero-order chi connectivity index (χ0) is 17.4. The summed E-state index contributed by atoms with van der Waals surface area (Å²) in [6, 6.07) is 4.52. The van der Waals surface area contributed by atoms with Gasteiger partial charge in [-0.15, -0.1) is 0 Å². The molecule has 0 atom stereocenters. The van der Waals surface area contributed by atoms with Crippen LogP contribution < -0.4 is 4.72 Å². The highest BCUT2D eigenvalue weighted by Gasteiger charge is 2.19. The number of aromatic hydroxyl groups is 1. The van der Waals surface area contributed by atoms with E-state index in [0.717, 1.165) is 24.3 Å². The van der Waals surface area contributed by atoms with E-state index in [4.69, 9.17) is 0 Å². The van der Waals surface area contributed by atoms with Crippen LogP contribution in [0.5, 0.6) is 5.75 Å². The fourth-order valence-corrected chi connectivity index (χ4v) is 3.03. The minimum atomic E-state index is -3.94. The Bertz CT molecular complexity index is 876. The topological polar surface area (TPSA) is 122 Å². The van der Waals surface area contributed by atoms with Gasteiger partial charge in [0.15, 0.2) is 0 Å². The molecule has 0 bridgehead atoms. The molecule has 0 radical (unpaired) electrons. The predicted octanol–water partition coefficient (Wildman–Crippen LogP) is 2.42. The first kappa shape index (κ1) is 16.7. The number of aryl methyl sites for hydroxylation is 1. The highest BCUT2D eigenvalue weighted by molar-refractivity contribution is 7.92. The van der Waals surface area contributed by atoms with Crippen LogP contribution in [0.2, 0.25) is 0 Å². The van der Waals surface area contributed by atoms with Crippen LogP contribution in [0.3, 0.4) is 0 Å². The van der Waals surface area contributed by atoms with Crippen molar-refractivity contribution in [2.24, 2.45) is 0 Å². The third-order valence-electron chi connectivity index (χ3n) is 3.48. The summed E-state index contributed by atoms with van der Waals surface area (Å²) in [5, 5.41) is 20.4. The van der Waals surface area contributed by atoms with E-state index in [1.807, 2.05) is 0 Å². The molecule has 0 aliphatic carbocycles. The van der Waals surface area contributed by atoms with Crippen molar-refractivity contribution in [2.75, 3.05) is 4.72 Å². The summed E-state index contributed by atoms with van der Waals surface area (Å²) in [4.78, 5) is 13.9. The van der Waals surface area contributed by atoms with Crippen LogP contribution in [0, 0.1) is 30.9 Å². The van der Waals surface area contributed by atoms with E-state index >= 15 is 0 Å². The average Bonchev–Trinajstić information content (AvgIpc) is 2.50. The molecule has 2 rings (SSSR count). The zero-order valence-corrected chi connectivity index (χ0v) is 13.5. The minimum absolute atomic E-state index is 0.0146. The van der Waals surface area contributed by atoms with Crippen molar-refractivity contribution in [1.82, 2.24) is 4.98 Å². The molecule has 0 fully saturated rings. The lowest BCUT2D eigenvalue weighted by Gasteiger charge is -2.14. The molecule has 0 saturated heterocycles. The highest BCUT2D eigenvalue weighted by Crippen LogP contribution is 2.29. The van der Waals surface area contributed by atoms with Crippen molar-refractivity contribution >= 4 is 21.5 Å². The van der Waals surface area contributed by atoms with Crippen molar-refractivity contribution in [1.29, 1.82) is 0 Å². The average molecular weight is 337 g/mol. The molecule has 0 amide bonds. The van der Waals surface area contributed by atoms with Gasteiger partial charge in [-0.2, -0.15) is 0 Å². The summed E-state index contributed by atoms with van der Waals surface area (Å²) < 4.78 is 27.1. The lowest BCUT2D eigenvalue weighted by Crippen LogP contribution is -2.15. The maximum absolute atomic E-state index is 12.4. The SMILES string of the molecule is Cc1nc(NS(=O)(=O)c2ccc([N+](=O)[O-])cc2)c(C)c(C)c1O. The van der Waals surface area contributed by atoms with Gasteiger partial charge in [0.2, 0.25) is 0 Å². The number of nitro groups is 1. The Labute approximate surface area is 133 Å². The first-order chi connectivity index (χ1) is 10.6. The van der Waals surface area contributed by atoms with Crippen LogP contribution >= 0.6 is 0 Å². The van der Waals surface area contributed by atoms with Gasteiger partial charge in [0.05, 0.1) is 15.5 Å². The molecule has 1 aromatic heterocycles. The van der Waals surface area contributed by atoms with E-state index < -0.39 is 14.9 Å². The second-order valence-electron chi connectivity index (χ2n) is 5.00. The van der Waals surface area contributed by atoms with Crippen molar-refractivity contribution in [2.45, 2.75) is 25.7 Å². The van der Waals surface area contributed by atoms with E-state index in [1.54, 1.807) is 20.8 Å². The quantitative estimate of drug-likeness (QED) is 0.652. The molecule has 2 N–H and O–H groups in total. The lowest BCUT2D eigenvalue weighted by molar-refractivity contribution is -0.384. The summed E-state index contributed by atoms with van der Waals surface area (Å²) >= 11 is 0. The van der Waals surface area contributed by atoms with E-state index in [-0.39, 0.29) is 22.2 Å². The number of aromatic nitrogens is 1. The molecule has 1 aromatic carbocycles. The van der Waals surface area contributed by atoms with E-state index in [9.17, 15) is 23.6 Å². The number of non-ortho nitro benzene ring substituents is 1. The smallest absolute Gasteiger partial charge is 0.269 e. The minimum Gasteiger partial charge on any atom is -0.506 e. The molecule has 0 aliphatic heterocycles. The third-order valence-corrected chi connectivity index (χ3v) is 4.84. The van der Waals surface area contributed by atoms with Crippen molar-refractivity contribution < 1.29 is 18.4 Å². The number of hydrogen-bond acceptors (Lipinski definition) is 6. The number of pyridine rings is 1. The molecule has 0 saturated carbocycles. The van der Waals surface area contributed by atoms with Gasteiger partial charge >= 0.3 is 0 Å². The molecular formula is C14H15N3O5S. The molecule has 0 unspecified atom stereocenters. The maximum atomic E-state index is 12.4. The Morgan fingerprint density at radius 2 is 1.70 bits per heavy atom. The number of rotatable bonds is 4. The van der Waals surface area contributed by atoms with Crippen molar-refractivity contribution in [3.05, 3.63) is 51.2 Å². The number of hydrogen-bond donors (Lipinski definition) is 2. The molecule has 23 heavy (non-hydrogen) atoms. The molecule has 0 aliphatic rings. The van der Waals surface area contributed by atoms with Crippen molar-refractivity contribution in [3.8, 4) is 5.75 Å². The standard InChI is InChI=1S/C14H15N3O5S/c1-8-9(2)14(15-10(3)13(8)18)16-23(21,22)12-6-4-11(5-7-12)17(19)20/h4-7,18H,1-3H3,(H,15,16). The molecule has 0 spiro atoms. The van der Waals surface area contributed by atoms with E-state index in [1.165, 1.54) is 0 Å². The summed E-state index contributed by atoms with van der Waals surface area (Å²) in [5.41, 5.74) is 1.13. The van der Waals surface area contributed by atoms with Crippen LogP contribution in [0.25, 0.3) is 0 Å². The zero-order valence-electron chi connectivity index (χ0n) is 12.7. The Morgan fingerprint density at radius 3 is 2.22 bits per heavy atom. The van der Waals surface area contributed by atoms with Gasteiger partial charge in [0.25, 0.3) is 15.7 Å². The van der Waals surface area contributed by atoms with Crippen LogP contribution in [0.1, 0.15) is 16.8 Å². The normalized spacial score (nSPS) is 11.3. The van der Waals surface area contributed by atoms with Crippen LogP contribution in [0.4, 0.5) is 11.5 Å². The lowest BCUT2D eigenvalue weighted by atomic mass is 10.1. The van der Waals surface area contributed by atoms with Crippen LogP contribution in [-0.4, -0.2) is 23.4 Å². The Kier molecular flexibility index (Phi) is 4.24. The number of nitrogens with zero attached hydrogens (tertiary/aromatic N) is 2. The number of anilines is 1. The first-order valence-corrected chi connectivity index (χ1v) is 8.06. The van der Waals surface area contributed by atoms with Gasteiger partial charge in [0, 0.05) is 12.1 Å². The monoisotopic (exact) mass is 337 g/mol. The Morgan fingerprint density at radius 1 is 1.13 bits per heavy atom. The predicted molar refractivity (Wildman–Crippen MR) is 84.0 cm³/mol. The summed E-state index contributed by atoms with van der Waals surface area (Å²) in [6.07, 6.45) is 0. The largest absolute Gasteiger partial charge is 0.506 e. The van der Waals surface area contributed by atoms with Crippen LogP contribution in [-0.2, 0) is 10.0 Å². The molecule has 2 aromatic rings. The number of nitro benzene ring substituents is 1. The summed E-state index contributed by atoms with van der Waals surface area (Å²) in [6.45, 7) is 4.85. The molecule has 122 valence electrons. The fourth-order valence-electron chi connectivity index (χ4n) is 1.96. The van der Waals surface area contributed by atoms with Gasteiger partial charge in [0.1, 0.15) is 11.6 Å². The summed E-state index contributed by atoms with van der Waals surface area (Å²) in [7, 11) is -3.94. The Hall–Kier alpha value is -2.68.